The Morgan fingerprint density at radius 3 is 3.27 bits per heavy atom. The molecule has 11 heavy (non-hydrogen) atoms. The second-order valence-corrected chi connectivity index (χ2v) is 4.16. The van der Waals surface area contributed by atoms with Crippen molar-refractivity contribution in [2.75, 3.05) is 13.6 Å². The van der Waals surface area contributed by atoms with Crippen molar-refractivity contribution in [3.8, 4) is 0 Å². The van der Waals surface area contributed by atoms with E-state index in [2.05, 4.69) is 30.3 Å². The van der Waals surface area contributed by atoms with Crippen LogP contribution in [0.1, 0.15) is 23.4 Å². The minimum Gasteiger partial charge on any atom is -0.298 e. The number of likely N-dealkylation sites (N-methyl/N-ethyl adjacent to an activating group) is 1. The molecule has 60 valence electrons. The molecule has 1 aromatic heterocycles. The Bertz CT molecular complexity index is 254. The highest BCUT2D eigenvalue weighted by molar-refractivity contribution is 7.10. The van der Waals surface area contributed by atoms with Crippen LogP contribution < -0.4 is 0 Å². The van der Waals surface area contributed by atoms with E-state index >= 15 is 0 Å². The maximum atomic E-state index is 2.42. The lowest BCUT2D eigenvalue weighted by atomic mass is 10.0. The molecule has 0 aromatic carbocycles. The summed E-state index contributed by atoms with van der Waals surface area (Å²) in [5.74, 6) is 0. The Morgan fingerprint density at radius 1 is 1.64 bits per heavy atom. The van der Waals surface area contributed by atoms with Gasteiger partial charge in [0.05, 0.1) is 0 Å². The maximum Gasteiger partial charge on any atom is 0.0413 e. The van der Waals surface area contributed by atoms with E-state index in [4.69, 9.17) is 0 Å². The van der Waals surface area contributed by atoms with Crippen LogP contribution in [0.15, 0.2) is 11.4 Å². The van der Waals surface area contributed by atoms with Gasteiger partial charge in [0.1, 0.15) is 0 Å². The Labute approximate surface area is 71.7 Å². The smallest absolute Gasteiger partial charge is 0.0413 e. The summed E-state index contributed by atoms with van der Waals surface area (Å²) >= 11 is 1.90. The number of rotatable bonds is 0. The molecule has 0 bridgehead atoms. The van der Waals surface area contributed by atoms with E-state index in [9.17, 15) is 0 Å². The summed E-state index contributed by atoms with van der Waals surface area (Å²) in [5.41, 5.74) is 1.57. The van der Waals surface area contributed by atoms with Crippen LogP contribution in [0.4, 0.5) is 0 Å². The number of hydrogen-bond acceptors (Lipinski definition) is 2. The van der Waals surface area contributed by atoms with Crippen molar-refractivity contribution in [2.24, 2.45) is 0 Å². The molecule has 0 spiro atoms. The fourth-order valence-electron chi connectivity index (χ4n) is 1.61. The van der Waals surface area contributed by atoms with Crippen LogP contribution in [0.25, 0.3) is 0 Å². The van der Waals surface area contributed by atoms with Crippen LogP contribution >= 0.6 is 11.3 Å². The first-order valence-electron chi connectivity index (χ1n) is 4.05. The van der Waals surface area contributed by atoms with Crippen molar-refractivity contribution < 1.29 is 0 Å². The van der Waals surface area contributed by atoms with Crippen LogP contribution in [0.5, 0.6) is 0 Å². The van der Waals surface area contributed by atoms with Gasteiger partial charge in [-0.15, -0.1) is 11.3 Å². The molecule has 1 aliphatic heterocycles. The van der Waals surface area contributed by atoms with E-state index in [0.29, 0.717) is 6.04 Å². The van der Waals surface area contributed by atoms with E-state index in [1.54, 1.807) is 10.4 Å². The Morgan fingerprint density at radius 2 is 2.45 bits per heavy atom. The molecule has 2 rings (SSSR count). The van der Waals surface area contributed by atoms with E-state index in [-0.39, 0.29) is 0 Å². The molecule has 0 saturated carbocycles. The summed E-state index contributed by atoms with van der Waals surface area (Å²) in [4.78, 5) is 3.98. The number of thiophene rings is 1. The average molecular weight is 167 g/mol. The molecule has 0 saturated heterocycles. The van der Waals surface area contributed by atoms with Gasteiger partial charge in [0, 0.05) is 17.5 Å². The van der Waals surface area contributed by atoms with Gasteiger partial charge in [-0.05, 0) is 37.4 Å². The lowest BCUT2D eigenvalue weighted by Crippen LogP contribution is -2.28. The van der Waals surface area contributed by atoms with Gasteiger partial charge in [-0.2, -0.15) is 0 Å². The topological polar surface area (TPSA) is 3.24 Å². The highest BCUT2D eigenvalue weighted by Gasteiger charge is 2.21. The Balaban J connectivity index is 2.38. The van der Waals surface area contributed by atoms with Crippen molar-refractivity contribution in [1.29, 1.82) is 0 Å². The van der Waals surface area contributed by atoms with Crippen LogP contribution in [-0.2, 0) is 6.42 Å². The molecule has 2 heteroatoms. The first-order chi connectivity index (χ1) is 5.29. The summed E-state index contributed by atoms with van der Waals surface area (Å²) in [6, 6.07) is 2.91. The molecule has 1 aromatic rings. The molecular weight excluding hydrogens is 154 g/mol. The molecule has 1 aliphatic rings. The third-order valence-electron chi connectivity index (χ3n) is 2.56. The zero-order valence-corrected chi connectivity index (χ0v) is 7.82. The van der Waals surface area contributed by atoms with Crippen LogP contribution in [-0.4, -0.2) is 18.5 Å². The monoisotopic (exact) mass is 167 g/mol. The van der Waals surface area contributed by atoms with E-state index < -0.39 is 0 Å². The number of nitrogens with zero attached hydrogens (tertiary/aromatic N) is 1. The predicted molar refractivity (Wildman–Crippen MR) is 49.1 cm³/mol. The Hall–Kier alpha value is -0.340. The summed E-state index contributed by atoms with van der Waals surface area (Å²) < 4.78 is 0. The average Bonchev–Trinajstić information content (AvgIpc) is 2.45. The lowest BCUT2D eigenvalue weighted by Gasteiger charge is -2.29. The normalized spacial score (nSPS) is 25.1. The number of hydrogen-bond donors (Lipinski definition) is 0. The quantitative estimate of drug-likeness (QED) is 0.573. The molecule has 0 unspecified atom stereocenters. The van der Waals surface area contributed by atoms with Gasteiger partial charge in [0.25, 0.3) is 0 Å². The third-order valence-corrected chi connectivity index (χ3v) is 3.68. The van der Waals surface area contributed by atoms with Gasteiger partial charge < -0.3 is 0 Å². The standard InChI is InChI=1S/C9H13NS/c1-7-9-8(4-6-11-9)3-5-10(7)2/h4,6-7H,3,5H2,1-2H3/t7-/m1/s1. The molecule has 0 amide bonds. The first-order valence-corrected chi connectivity index (χ1v) is 4.93. The molecule has 1 atom stereocenters. The van der Waals surface area contributed by atoms with Crippen LogP contribution in [0, 0.1) is 0 Å². The second-order valence-electron chi connectivity index (χ2n) is 3.22. The number of fused-ring (bicyclic) bond motifs is 1. The highest BCUT2D eigenvalue weighted by Crippen LogP contribution is 2.31. The van der Waals surface area contributed by atoms with E-state index in [0.717, 1.165) is 0 Å². The molecule has 0 radical (unpaired) electrons. The summed E-state index contributed by atoms with van der Waals surface area (Å²) in [7, 11) is 2.20. The maximum absolute atomic E-state index is 2.42. The van der Waals surface area contributed by atoms with Crippen molar-refractivity contribution in [3.63, 3.8) is 0 Å². The van der Waals surface area contributed by atoms with Crippen molar-refractivity contribution in [3.05, 3.63) is 21.9 Å². The van der Waals surface area contributed by atoms with E-state index in [1.165, 1.54) is 13.0 Å². The zero-order valence-electron chi connectivity index (χ0n) is 7.00. The van der Waals surface area contributed by atoms with Crippen molar-refractivity contribution in [2.45, 2.75) is 19.4 Å². The molecule has 1 nitrogen and oxygen atoms in total. The zero-order chi connectivity index (χ0) is 7.84. The molecular formula is C9H13NS. The van der Waals surface area contributed by atoms with Gasteiger partial charge in [-0.3, -0.25) is 4.90 Å². The minimum atomic E-state index is 0.638. The molecule has 0 fully saturated rings. The third kappa shape index (κ3) is 1.10. The Kier molecular flexibility index (Phi) is 1.74. The van der Waals surface area contributed by atoms with Crippen molar-refractivity contribution in [1.82, 2.24) is 4.90 Å². The fraction of sp³-hybridized carbons (Fsp3) is 0.556. The SMILES string of the molecule is C[C@@H]1c2sccc2CCN1C. The molecule has 2 heterocycles. The van der Waals surface area contributed by atoms with Gasteiger partial charge >= 0.3 is 0 Å². The van der Waals surface area contributed by atoms with Crippen LogP contribution in [0.2, 0.25) is 0 Å². The summed E-state index contributed by atoms with van der Waals surface area (Å²) in [6.07, 6.45) is 1.24. The summed E-state index contributed by atoms with van der Waals surface area (Å²) in [5, 5.41) is 2.21. The largest absolute Gasteiger partial charge is 0.298 e. The second kappa shape index (κ2) is 2.61. The van der Waals surface area contributed by atoms with Gasteiger partial charge in [0.2, 0.25) is 0 Å². The minimum absolute atomic E-state index is 0.638. The highest BCUT2D eigenvalue weighted by atomic mass is 32.1. The van der Waals surface area contributed by atoms with Crippen LogP contribution in [0.3, 0.4) is 0 Å². The van der Waals surface area contributed by atoms with Gasteiger partial charge in [-0.25, -0.2) is 0 Å². The van der Waals surface area contributed by atoms with Crippen molar-refractivity contribution >= 4 is 11.3 Å². The lowest BCUT2D eigenvalue weighted by molar-refractivity contribution is 0.252. The van der Waals surface area contributed by atoms with E-state index in [1.807, 2.05) is 11.3 Å². The molecule has 0 N–H and O–H groups in total. The first kappa shape index (κ1) is 7.32. The molecule has 0 aliphatic carbocycles. The fourth-order valence-corrected chi connectivity index (χ4v) is 2.69. The van der Waals surface area contributed by atoms with Gasteiger partial charge in [-0.1, -0.05) is 0 Å². The van der Waals surface area contributed by atoms with Gasteiger partial charge in [0.15, 0.2) is 0 Å². The summed E-state index contributed by atoms with van der Waals surface area (Å²) in [6.45, 7) is 3.50. The predicted octanol–water partition coefficient (Wildman–Crippen LogP) is 2.30.